The van der Waals surface area contributed by atoms with E-state index in [1.807, 2.05) is 19.9 Å². The lowest BCUT2D eigenvalue weighted by Gasteiger charge is -2.12. The number of aromatic nitrogens is 3. The van der Waals surface area contributed by atoms with Crippen LogP contribution in [0.3, 0.4) is 0 Å². The number of aryl methyl sites for hydroxylation is 2. The molecule has 0 unspecified atom stereocenters. The van der Waals surface area contributed by atoms with Crippen LogP contribution < -0.4 is 9.47 Å². The SMILES string of the molecule is COc1cc(CCC(=O)O)ccc1OCCCc1cn(-c2ccc(C(F)(F)F)cn2)nc1C(C)C. The molecule has 0 saturated carbocycles. The molecule has 0 aliphatic rings. The Balaban J connectivity index is 1.64. The third-order valence-electron chi connectivity index (χ3n) is 5.38. The van der Waals surface area contributed by atoms with Gasteiger partial charge >= 0.3 is 12.1 Å². The fraction of sp³-hybridized carbons (Fsp3) is 0.400. The zero-order valence-corrected chi connectivity index (χ0v) is 19.8. The molecule has 35 heavy (non-hydrogen) atoms. The summed E-state index contributed by atoms with van der Waals surface area (Å²) in [7, 11) is 1.53. The number of hydrogen-bond donors (Lipinski definition) is 1. The van der Waals surface area contributed by atoms with Crippen LogP contribution in [0.25, 0.3) is 5.82 Å². The van der Waals surface area contributed by atoms with E-state index < -0.39 is 17.7 Å². The molecule has 0 fully saturated rings. The summed E-state index contributed by atoms with van der Waals surface area (Å²) in [4.78, 5) is 14.7. The molecule has 0 amide bonds. The van der Waals surface area contributed by atoms with Crippen molar-refractivity contribution >= 4 is 5.97 Å². The molecule has 0 spiro atoms. The first-order valence-electron chi connectivity index (χ1n) is 11.2. The minimum atomic E-state index is -4.44. The summed E-state index contributed by atoms with van der Waals surface area (Å²) >= 11 is 0. The van der Waals surface area contributed by atoms with Crippen LogP contribution in [0.4, 0.5) is 13.2 Å². The highest BCUT2D eigenvalue weighted by Gasteiger charge is 2.30. The molecule has 0 atom stereocenters. The van der Waals surface area contributed by atoms with Crippen LogP contribution in [-0.4, -0.2) is 39.6 Å². The van der Waals surface area contributed by atoms with E-state index in [0.29, 0.717) is 43.2 Å². The van der Waals surface area contributed by atoms with E-state index in [-0.39, 0.29) is 12.3 Å². The number of halogens is 3. The van der Waals surface area contributed by atoms with Gasteiger partial charge in [0.1, 0.15) is 0 Å². The van der Waals surface area contributed by atoms with Gasteiger partial charge in [0.2, 0.25) is 0 Å². The topological polar surface area (TPSA) is 86.5 Å². The molecule has 2 aromatic heterocycles. The van der Waals surface area contributed by atoms with E-state index in [1.54, 1.807) is 18.3 Å². The number of carbonyl (C=O) groups is 1. The summed E-state index contributed by atoms with van der Waals surface area (Å²) in [6.45, 7) is 4.42. The molecule has 0 radical (unpaired) electrons. The first-order valence-corrected chi connectivity index (χ1v) is 11.2. The summed E-state index contributed by atoms with van der Waals surface area (Å²) in [5.41, 5.74) is 1.87. The van der Waals surface area contributed by atoms with Gasteiger partial charge in [0.05, 0.1) is 25.0 Å². The Morgan fingerprint density at radius 2 is 1.91 bits per heavy atom. The van der Waals surface area contributed by atoms with E-state index in [0.717, 1.165) is 29.1 Å². The van der Waals surface area contributed by atoms with Crippen LogP contribution >= 0.6 is 0 Å². The number of ether oxygens (including phenoxy) is 2. The number of carboxylic acid groups (broad SMARTS) is 1. The van der Waals surface area contributed by atoms with Crippen LogP contribution in [0.15, 0.2) is 42.7 Å². The van der Waals surface area contributed by atoms with Crippen LogP contribution in [-0.2, 0) is 23.8 Å². The van der Waals surface area contributed by atoms with Gasteiger partial charge in [-0.2, -0.15) is 18.3 Å². The molecular formula is C25H28F3N3O4. The Morgan fingerprint density at radius 1 is 1.14 bits per heavy atom. The molecule has 7 nitrogen and oxygen atoms in total. The van der Waals surface area contributed by atoms with Gasteiger partial charge < -0.3 is 14.6 Å². The quantitative estimate of drug-likeness (QED) is 0.359. The van der Waals surface area contributed by atoms with Gasteiger partial charge in [-0.3, -0.25) is 4.79 Å². The number of alkyl halides is 3. The second kappa shape index (κ2) is 11.2. The van der Waals surface area contributed by atoms with E-state index >= 15 is 0 Å². The van der Waals surface area contributed by atoms with Crippen LogP contribution in [0.2, 0.25) is 0 Å². The average molecular weight is 492 g/mol. The normalized spacial score (nSPS) is 11.6. The third kappa shape index (κ3) is 6.97. The molecule has 1 aromatic carbocycles. The van der Waals surface area contributed by atoms with Crippen molar-refractivity contribution in [1.82, 2.24) is 14.8 Å². The van der Waals surface area contributed by atoms with Crippen molar-refractivity contribution < 1.29 is 32.5 Å². The first kappa shape index (κ1) is 26.1. The molecule has 0 saturated heterocycles. The molecule has 0 bridgehead atoms. The standard InChI is InChI=1S/C25H28F3N3O4/c1-16(2)24-18(15-31(30-24)22-10-8-19(14-29-22)25(26,27)28)5-4-12-35-20-9-6-17(7-11-23(32)33)13-21(20)34-3/h6,8-10,13-16H,4-5,7,11-12H2,1-3H3,(H,32,33). The summed E-state index contributed by atoms with van der Waals surface area (Å²) in [6, 6.07) is 7.66. The Hall–Kier alpha value is -3.56. The van der Waals surface area contributed by atoms with Crippen molar-refractivity contribution in [2.75, 3.05) is 13.7 Å². The van der Waals surface area contributed by atoms with Crippen molar-refractivity contribution in [2.45, 2.75) is 51.6 Å². The van der Waals surface area contributed by atoms with Crippen LogP contribution in [0.5, 0.6) is 11.5 Å². The second-order valence-corrected chi connectivity index (χ2v) is 8.37. The number of methoxy groups -OCH3 is 1. The van der Waals surface area contributed by atoms with Crippen molar-refractivity contribution in [2.24, 2.45) is 0 Å². The Bertz CT molecular complexity index is 1140. The monoisotopic (exact) mass is 491 g/mol. The molecule has 188 valence electrons. The maximum Gasteiger partial charge on any atom is 0.417 e. The molecule has 0 aliphatic carbocycles. The van der Waals surface area contributed by atoms with Crippen molar-refractivity contribution in [1.29, 1.82) is 0 Å². The highest BCUT2D eigenvalue weighted by atomic mass is 19.4. The Labute approximate surface area is 201 Å². The fourth-order valence-corrected chi connectivity index (χ4v) is 3.59. The van der Waals surface area contributed by atoms with Gasteiger partial charge in [-0.25, -0.2) is 9.67 Å². The molecule has 0 aliphatic heterocycles. The molecule has 10 heteroatoms. The van der Waals surface area contributed by atoms with E-state index in [9.17, 15) is 18.0 Å². The second-order valence-electron chi connectivity index (χ2n) is 8.37. The van der Waals surface area contributed by atoms with Crippen LogP contribution in [0, 0.1) is 0 Å². The van der Waals surface area contributed by atoms with Gasteiger partial charge in [0, 0.05) is 18.8 Å². The highest BCUT2D eigenvalue weighted by molar-refractivity contribution is 5.67. The summed E-state index contributed by atoms with van der Waals surface area (Å²) in [5, 5.41) is 13.4. The van der Waals surface area contributed by atoms with E-state index in [4.69, 9.17) is 14.6 Å². The lowest BCUT2D eigenvalue weighted by Crippen LogP contribution is -2.07. The molecule has 3 rings (SSSR count). The first-order chi connectivity index (χ1) is 16.6. The molecule has 2 heterocycles. The number of aliphatic carboxylic acids is 1. The minimum absolute atomic E-state index is 0.0389. The van der Waals surface area contributed by atoms with Gasteiger partial charge in [-0.1, -0.05) is 19.9 Å². The van der Waals surface area contributed by atoms with Crippen LogP contribution in [0.1, 0.15) is 55.0 Å². The zero-order valence-electron chi connectivity index (χ0n) is 19.8. The maximum absolute atomic E-state index is 12.8. The van der Waals surface area contributed by atoms with E-state index in [2.05, 4.69) is 10.1 Å². The summed E-state index contributed by atoms with van der Waals surface area (Å²) in [6.07, 6.45) is -0.0596. The summed E-state index contributed by atoms with van der Waals surface area (Å²) < 4.78 is 51.2. The van der Waals surface area contributed by atoms with Crippen molar-refractivity contribution in [3.05, 3.63) is 65.1 Å². The lowest BCUT2D eigenvalue weighted by molar-refractivity contribution is -0.138. The van der Waals surface area contributed by atoms with Gasteiger partial charge in [-0.05, 0) is 60.6 Å². The maximum atomic E-state index is 12.8. The van der Waals surface area contributed by atoms with Gasteiger partial charge in [0.25, 0.3) is 0 Å². The number of carboxylic acids is 1. The molecular weight excluding hydrogens is 463 g/mol. The largest absolute Gasteiger partial charge is 0.493 e. The number of rotatable bonds is 11. The van der Waals surface area contributed by atoms with Gasteiger partial charge in [0.15, 0.2) is 17.3 Å². The van der Waals surface area contributed by atoms with Crippen molar-refractivity contribution in [3.8, 4) is 17.3 Å². The van der Waals surface area contributed by atoms with E-state index in [1.165, 1.54) is 17.9 Å². The fourth-order valence-electron chi connectivity index (χ4n) is 3.59. The molecule has 3 aromatic rings. The van der Waals surface area contributed by atoms with Gasteiger partial charge in [-0.15, -0.1) is 0 Å². The average Bonchev–Trinajstić information content (AvgIpc) is 3.25. The number of hydrogen-bond acceptors (Lipinski definition) is 5. The Morgan fingerprint density at radius 3 is 2.51 bits per heavy atom. The highest BCUT2D eigenvalue weighted by Crippen LogP contribution is 2.30. The minimum Gasteiger partial charge on any atom is -0.493 e. The number of nitrogens with zero attached hydrogens (tertiary/aromatic N) is 3. The smallest absolute Gasteiger partial charge is 0.417 e. The number of pyridine rings is 1. The molecule has 1 N–H and O–H groups in total. The third-order valence-corrected chi connectivity index (χ3v) is 5.38. The zero-order chi connectivity index (χ0) is 25.6. The number of benzene rings is 1. The van der Waals surface area contributed by atoms with Crippen molar-refractivity contribution in [3.63, 3.8) is 0 Å². The predicted molar refractivity (Wildman–Crippen MR) is 123 cm³/mol. The summed E-state index contributed by atoms with van der Waals surface area (Å²) in [5.74, 6) is 0.690. The predicted octanol–water partition coefficient (Wildman–Crippen LogP) is 5.45. The lowest BCUT2D eigenvalue weighted by atomic mass is 10.0. The Kier molecular flexibility index (Phi) is 8.37.